The number of amides is 3. The van der Waals surface area contributed by atoms with Crippen LogP contribution in [0.5, 0.6) is 0 Å². The predicted octanol–water partition coefficient (Wildman–Crippen LogP) is -0.0291. The number of aliphatic carboxylic acids is 1. The topological polar surface area (TPSA) is 90.0 Å². The molecule has 1 fully saturated rings. The van der Waals surface area contributed by atoms with Crippen LogP contribution in [0, 0.1) is 5.41 Å². The summed E-state index contributed by atoms with van der Waals surface area (Å²) < 4.78 is 0. The Bertz CT molecular complexity index is 383. The fraction of sp³-hybridized carbons (Fsp3) is 0.750. The maximum atomic E-state index is 11.8. The molecular formula is C12H21N3O4. The number of likely N-dealkylation sites (N-methyl/N-ethyl adjacent to an activating group) is 1. The summed E-state index contributed by atoms with van der Waals surface area (Å²) >= 11 is 0. The molecule has 19 heavy (non-hydrogen) atoms. The highest BCUT2D eigenvalue weighted by Gasteiger charge is 2.44. The molecule has 1 atom stereocenters. The summed E-state index contributed by atoms with van der Waals surface area (Å²) in [5, 5.41) is 11.7. The van der Waals surface area contributed by atoms with Crippen LogP contribution in [0.2, 0.25) is 0 Å². The second kappa shape index (κ2) is 5.90. The third-order valence-electron chi connectivity index (χ3n) is 3.66. The molecule has 1 rings (SSSR count). The van der Waals surface area contributed by atoms with Crippen molar-refractivity contribution in [2.45, 2.75) is 19.8 Å². The first kappa shape index (κ1) is 15.3. The van der Waals surface area contributed by atoms with E-state index in [1.807, 2.05) is 6.92 Å². The molecule has 0 spiro atoms. The quantitative estimate of drug-likeness (QED) is 0.751. The summed E-state index contributed by atoms with van der Waals surface area (Å²) in [7, 11) is 3.22. The van der Waals surface area contributed by atoms with Gasteiger partial charge in [-0.05, 0) is 12.8 Å². The zero-order valence-electron chi connectivity index (χ0n) is 11.6. The smallest absolute Gasteiger partial charge is 0.317 e. The lowest BCUT2D eigenvalue weighted by Gasteiger charge is -2.23. The zero-order chi connectivity index (χ0) is 14.6. The number of carboxylic acids is 1. The minimum atomic E-state index is -0.866. The van der Waals surface area contributed by atoms with Gasteiger partial charge in [0.15, 0.2) is 0 Å². The van der Waals surface area contributed by atoms with E-state index in [9.17, 15) is 19.5 Å². The molecule has 1 aliphatic rings. The molecule has 0 aromatic carbocycles. The Kier molecular flexibility index (Phi) is 4.74. The molecule has 7 nitrogen and oxygen atoms in total. The molecule has 0 saturated carbocycles. The maximum absolute atomic E-state index is 11.8. The van der Waals surface area contributed by atoms with Crippen molar-refractivity contribution in [2.75, 3.05) is 33.7 Å². The molecule has 3 amide bonds. The maximum Gasteiger partial charge on any atom is 0.317 e. The van der Waals surface area contributed by atoms with E-state index >= 15 is 0 Å². The Morgan fingerprint density at radius 3 is 2.42 bits per heavy atom. The van der Waals surface area contributed by atoms with Crippen molar-refractivity contribution in [2.24, 2.45) is 5.41 Å². The largest absolute Gasteiger partial charge is 0.481 e. The molecule has 1 unspecified atom stereocenters. The van der Waals surface area contributed by atoms with Gasteiger partial charge in [0.1, 0.15) is 0 Å². The molecule has 1 saturated heterocycles. The fourth-order valence-electron chi connectivity index (χ4n) is 2.08. The van der Waals surface area contributed by atoms with Crippen LogP contribution < -0.4 is 5.32 Å². The van der Waals surface area contributed by atoms with E-state index < -0.39 is 11.4 Å². The van der Waals surface area contributed by atoms with Crippen LogP contribution in [0.15, 0.2) is 0 Å². The van der Waals surface area contributed by atoms with E-state index in [2.05, 4.69) is 5.32 Å². The summed E-state index contributed by atoms with van der Waals surface area (Å²) in [6.07, 6.45) is 0.941. The lowest BCUT2D eigenvalue weighted by Crippen LogP contribution is -2.44. The second-order valence-electron chi connectivity index (χ2n) is 5.06. The number of hydrogen-bond donors (Lipinski definition) is 2. The Hall–Kier alpha value is -1.79. The van der Waals surface area contributed by atoms with Gasteiger partial charge < -0.3 is 20.2 Å². The molecule has 0 bridgehead atoms. The van der Waals surface area contributed by atoms with E-state index in [-0.39, 0.29) is 25.0 Å². The summed E-state index contributed by atoms with van der Waals surface area (Å²) in [6.45, 7) is 2.34. The van der Waals surface area contributed by atoms with Gasteiger partial charge >= 0.3 is 12.0 Å². The molecule has 0 radical (unpaired) electrons. The molecule has 7 heteroatoms. The average Bonchev–Trinajstić information content (AvgIpc) is 2.81. The minimum absolute atomic E-state index is 0.0749. The third-order valence-corrected chi connectivity index (χ3v) is 3.66. The first-order valence-corrected chi connectivity index (χ1v) is 6.28. The Morgan fingerprint density at radius 2 is 2.00 bits per heavy atom. The Labute approximate surface area is 112 Å². The number of nitrogens with zero attached hydrogens (tertiary/aromatic N) is 2. The van der Waals surface area contributed by atoms with Crippen molar-refractivity contribution < 1.29 is 19.5 Å². The van der Waals surface area contributed by atoms with Crippen molar-refractivity contribution in [1.29, 1.82) is 0 Å². The van der Waals surface area contributed by atoms with Crippen LogP contribution in [0.1, 0.15) is 19.8 Å². The molecule has 2 N–H and O–H groups in total. The van der Waals surface area contributed by atoms with Gasteiger partial charge in [0, 0.05) is 27.2 Å². The zero-order valence-corrected chi connectivity index (χ0v) is 11.6. The summed E-state index contributed by atoms with van der Waals surface area (Å²) in [4.78, 5) is 37.3. The number of urea groups is 1. The highest BCUT2D eigenvalue weighted by atomic mass is 16.4. The van der Waals surface area contributed by atoms with Gasteiger partial charge in [-0.3, -0.25) is 9.59 Å². The molecule has 1 aliphatic heterocycles. The van der Waals surface area contributed by atoms with E-state index in [1.54, 1.807) is 14.1 Å². The molecule has 0 aromatic heterocycles. The van der Waals surface area contributed by atoms with Crippen molar-refractivity contribution in [3.63, 3.8) is 0 Å². The van der Waals surface area contributed by atoms with Gasteiger partial charge in [-0.25, -0.2) is 4.79 Å². The standard InChI is InChI=1S/C12H21N3O4/c1-4-12(10(17)18)5-6-15(8-12)11(19)13-7-9(16)14(2)3/h4-8H2,1-3H3,(H,13,19)(H,17,18). The van der Waals surface area contributed by atoms with Gasteiger partial charge in [0.05, 0.1) is 12.0 Å². The Morgan fingerprint density at radius 1 is 1.37 bits per heavy atom. The lowest BCUT2D eigenvalue weighted by atomic mass is 9.84. The van der Waals surface area contributed by atoms with Gasteiger partial charge in [-0.1, -0.05) is 6.92 Å². The number of rotatable bonds is 4. The van der Waals surface area contributed by atoms with E-state index in [0.717, 1.165) is 0 Å². The van der Waals surface area contributed by atoms with Crippen LogP contribution in [-0.4, -0.2) is 66.5 Å². The number of hydrogen-bond acceptors (Lipinski definition) is 3. The van der Waals surface area contributed by atoms with Crippen LogP contribution in [0.25, 0.3) is 0 Å². The molecule has 0 aliphatic carbocycles. The molecule has 108 valence electrons. The van der Waals surface area contributed by atoms with E-state index in [4.69, 9.17) is 0 Å². The summed E-state index contributed by atoms with van der Waals surface area (Å²) in [6, 6.07) is -0.383. The molecule has 0 aromatic rings. The van der Waals surface area contributed by atoms with Crippen LogP contribution in [0.4, 0.5) is 4.79 Å². The number of nitrogens with one attached hydrogen (secondary N) is 1. The first-order chi connectivity index (χ1) is 8.82. The Balaban J connectivity index is 2.53. The second-order valence-corrected chi connectivity index (χ2v) is 5.06. The monoisotopic (exact) mass is 271 g/mol. The summed E-state index contributed by atoms with van der Waals surface area (Å²) in [5.41, 5.74) is -0.844. The molecule has 1 heterocycles. The predicted molar refractivity (Wildman–Crippen MR) is 68.6 cm³/mol. The van der Waals surface area contributed by atoms with Crippen molar-refractivity contribution in [1.82, 2.24) is 15.1 Å². The number of likely N-dealkylation sites (tertiary alicyclic amines) is 1. The van der Waals surface area contributed by atoms with E-state index in [1.165, 1.54) is 9.80 Å². The van der Waals surface area contributed by atoms with Gasteiger partial charge in [0.2, 0.25) is 5.91 Å². The van der Waals surface area contributed by atoms with Gasteiger partial charge in [0.25, 0.3) is 0 Å². The average molecular weight is 271 g/mol. The third kappa shape index (κ3) is 3.36. The van der Waals surface area contributed by atoms with E-state index in [0.29, 0.717) is 19.4 Å². The van der Waals surface area contributed by atoms with Gasteiger partial charge in [-0.15, -0.1) is 0 Å². The number of carboxylic acid groups (broad SMARTS) is 1. The summed E-state index contributed by atoms with van der Waals surface area (Å²) in [5.74, 6) is -1.07. The van der Waals surface area contributed by atoms with Crippen LogP contribution in [-0.2, 0) is 9.59 Å². The van der Waals surface area contributed by atoms with Crippen molar-refractivity contribution in [3.8, 4) is 0 Å². The van der Waals surface area contributed by atoms with Crippen molar-refractivity contribution in [3.05, 3.63) is 0 Å². The van der Waals surface area contributed by atoms with Gasteiger partial charge in [-0.2, -0.15) is 0 Å². The lowest BCUT2D eigenvalue weighted by molar-refractivity contribution is -0.148. The fourth-order valence-corrected chi connectivity index (χ4v) is 2.08. The van der Waals surface area contributed by atoms with Crippen LogP contribution in [0.3, 0.4) is 0 Å². The number of carbonyl (C=O) groups is 3. The van der Waals surface area contributed by atoms with Crippen LogP contribution >= 0.6 is 0 Å². The SMILES string of the molecule is CCC1(C(=O)O)CCN(C(=O)NCC(=O)N(C)C)C1. The first-order valence-electron chi connectivity index (χ1n) is 6.28. The van der Waals surface area contributed by atoms with Crippen molar-refractivity contribution >= 4 is 17.9 Å². The normalized spacial score (nSPS) is 22.2. The highest BCUT2D eigenvalue weighted by Crippen LogP contribution is 2.34. The highest BCUT2D eigenvalue weighted by molar-refractivity contribution is 5.84. The molecular weight excluding hydrogens is 250 g/mol. The number of carbonyl (C=O) groups excluding carboxylic acids is 2. The minimum Gasteiger partial charge on any atom is -0.481 e.